The first kappa shape index (κ1) is 22.8. The van der Waals surface area contributed by atoms with Gasteiger partial charge in [-0.25, -0.2) is 9.07 Å². The summed E-state index contributed by atoms with van der Waals surface area (Å²) in [5.41, 5.74) is 3.41. The van der Waals surface area contributed by atoms with E-state index < -0.39 is 0 Å². The maximum Gasteiger partial charge on any atom is 0.252 e. The molecule has 0 bridgehead atoms. The Kier molecular flexibility index (Phi) is 7.21. The summed E-state index contributed by atoms with van der Waals surface area (Å²) in [7, 11) is 0. The normalized spacial score (nSPS) is 11.5. The van der Waals surface area contributed by atoms with E-state index in [1.807, 2.05) is 23.1 Å². The number of pyridine rings is 1. The lowest BCUT2D eigenvalue weighted by Crippen LogP contribution is -2.29. The van der Waals surface area contributed by atoms with Gasteiger partial charge in [-0.1, -0.05) is 25.1 Å². The number of aliphatic hydroxyl groups is 1. The summed E-state index contributed by atoms with van der Waals surface area (Å²) in [6.45, 7) is 3.93. The molecule has 0 saturated heterocycles. The lowest BCUT2D eigenvalue weighted by atomic mass is 10.1. The number of aryl methyl sites for hydroxylation is 1. The topological polar surface area (TPSA) is 99.9 Å². The lowest BCUT2D eigenvalue weighted by molar-refractivity contribution is 0.206. The third-order valence-electron chi connectivity index (χ3n) is 5.64. The van der Waals surface area contributed by atoms with Crippen molar-refractivity contribution < 1.29 is 9.50 Å². The van der Waals surface area contributed by atoms with Crippen LogP contribution in [0.15, 0.2) is 53.3 Å². The Morgan fingerprint density at radius 1 is 1.09 bits per heavy atom. The first-order valence-electron chi connectivity index (χ1n) is 11.0. The van der Waals surface area contributed by atoms with Crippen LogP contribution in [-0.2, 0) is 26.1 Å². The molecule has 2 heterocycles. The fourth-order valence-electron chi connectivity index (χ4n) is 3.81. The highest BCUT2D eigenvalue weighted by molar-refractivity contribution is 5.79. The predicted octanol–water partition coefficient (Wildman–Crippen LogP) is 2.65. The van der Waals surface area contributed by atoms with Gasteiger partial charge in [-0.3, -0.25) is 9.69 Å². The molecule has 0 unspecified atom stereocenters. The number of aliphatic hydroxyl groups excluding tert-OH is 1. The molecule has 0 aliphatic carbocycles. The second-order valence-electron chi connectivity index (χ2n) is 8.07. The van der Waals surface area contributed by atoms with Crippen LogP contribution in [0.2, 0.25) is 0 Å². The molecule has 2 N–H and O–H groups in total. The number of halogens is 1. The van der Waals surface area contributed by atoms with Crippen molar-refractivity contribution in [1.82, 2.24) is 30.1 Å². The highest BCUT2D eigenvalue weighted by atomic mass is 19.1. The average Bonchev–Trinajstić information content (AvgIpc) is 3.25. The Balaban J connectivity index is 1.56. The molecule has 8 nitrogen and oxygen atoms in total. The fourth-order valence-corrected chi connectivity index (χ4v) is 3.81. The number of nitrogens with one attached hydrogen (secondary N) is 1. The van der Waals surface area contributed by atoms with Gasteiger partial charge in [-0.15, -0.1) is 5.10 Å². The van der Waals surface area contributed by atoms with Crippen LogP contribution < -0.4 is 5.56 Å². The SMILES string of the molecule is CCc1ccc2[nH]c(=O)c(CN(CCCO)Cc3nnnn3Cc3ccc(F)cc3)cc2c1. The number of H-pyrrole nitrogens is 1. The second-order valence-corrected chi connectivity index (χ2v) is 8.07. The van der Waals surface area contributed by atoms with Crippen molar-refractivity contribution >= 4 is 10.9 Å². The first-order chi connectivity index (χ1) is 16.1. The number of nitrogens with zero attached hydrogens (tertiary/aromatic N) is 5. The Morgan fingerprint density at radius 2 is 1.88 bits per heavy atom. The number of hydrogen-bond acceptors (Lipinski definition) is 6. The van der Waals surface area contributed by atoms with Crippen LogP contribution in [0.25, 0.3) is 10.9 Å². The average molecular weight is 451 g/mol. The van der Waals surface area contributed by atoms with Gasteiger partial charge in [-0.05, 0) is 70.1 Å². The summed E-state index contributed by atoms with van der Waals surface area (Å²) >= 11 is 0. The zero-order valence-electron chi connectivity index (χ0n) is 18.5. The molecule has 33 heavy (non-hydrogen) atoms. The molecule has 2 aromatic heterocycles. The number of benzene rings is 2. The zero-order valence-corrected chi connectivity index (χ0v) is 18.5. The summed E-state index contributed by atoms with van der Waals surface area (Å²) < 4.78 is 14.9. The van der Waals surface area contributed by atoms with Crippen molar-refractivity contribution in [2.45, 2.75) is 39.4 Å². The molecule has 0 amide bonds. The molecule has 0 fully saturated rings. The lowest BCUT2D eigenvalue weighted by Gasteiger charge is -2.21. The molecule has 0 saturated carbocycles. The largest absolute Gasteiger partial charge is 0.396 e. The van der Waals surface area contributed by atoms with Crippen molar-refractivity contribution in [3.05, 3.63) is 87.2 Å². The first-order valence-corrected chi connectivity index (χ1v) is 11.0. The zero-order chi connectivity index (χ0) is 23.2. The van der Waals surface area contributed by atoms with E-state index in [0.29, 0.717) is 44.0 Å². The highest BCUT2D eigenvalue weighted by Crippen LogP contribution is 2.16. The molecular weight excluding hydrogens is 423 g/mol. The molecule has 0 aliphatic rings. The predicted molar refractivity (Wildman–Crippen MR) is 123 cm³/mol. The Morgan fingerprint density at radius 3 is 2.64 bits per heavy atom. The van der Waals surface area contributed by atoms with E-state index in [1.54, 1.807) is 16.8 Å². The van der Waals surface area contributed by atoms with E-state index >= 15 is 0 Å². The van der Waals surface area contributed by atoms with E-state index in [4.69, 9.17) is 0 Å². The van der Waals surface area contributed by atoms with Crippen LogP contribution in [0.4, 0.5) is 4.39 Å². The van der Waals surface area contributed by atoms with Crippen molar-refractivity contribution in [3.63, 3.8) is 0 Å². The summed E-state index contributed by atoms with van der Waals surface area (Å²) in [4.78, 5) is 17.7. The van der Waals surface area contributed by atoms with Crippen LogP contribution >= 0.6 is 0 Å². The minimum Gasteiger partial charge on any atom is -0.396 e. The van der Waals surface area contributed by atoms with Gasteiger partial charge < -0.3 is 10.1 Å². The number of aromatic nitrogens is 5. The fraction of sp³-hybridized carbons (Fsp3) is 0.333. The van der Waals surface area contributed by atoms with Crippen molar-refractivity contribution in [3.8, 4) is 0 Å². The van der Waals surface area contributed by atoms with Gasteiger partial charge in [0.05, 0.1) is 13.1 Å². The van der Waals surface area contributed by atoms with E-state index in [-0.39, 0.29) is 18.0 Å². The van der Waals surface area contributed by atoms with Gasteiger partial charge in [0.15, 0.2) is 5.82 Å². The minimum absolute atomic E-state index is 0.0466. The quantitative estimate of drug-likeness (QED) is 0.385. The number of fused-ring (bicyclic) bond motifs is 1. The van der Waals surface area contributed by atoms with Gasteiger partial charge in [0, 0.05) is 30.8 Å². The molecule has 0 atom stereocenters. The van der Waals surface area contributed by atoms with Crippen LogP contribution in [0.3, 0.4) is 0 Å². The van der Waals surface area contributed by atoms with Crippen LogP contribution in [0.1, 0.15) is 35.9 Å². The van der Waals surface area contributed by atoms with E-state index in [1.165, 1.54) is 17.7 Å². The van der Waals surface area contributed by atoms with Gasteiger partial charge in [0.2, 0.25) is 0 Å². The highest BCUT2D eigenvalue weighted by Gasteiger charge is 2.15. The van der Waals surface area contributed by atoms with E-state index in [0.717, 1.165) is 22.9 Å². The van der Waals surface area contributed by atoms with Crippen LogP contribution in [0, 0.1) is 5.82 Å². The number of tetrazole rings is 1. The molecule has 4 rings (SSSR count). The Bertz CT molecular complexity index is 1270. The standard InChI is InChI=1S/C24H27FN6O2/c1-2-17-6-9-22-19(12-17)13-20(24(33)26-22)15-30(10-3-11-32)16-23-27-28-29-31(23)14-18-4-7-21(25)8-5-18/h4-9,12-13,32H,2-3,10-11,14-16H2,1H3,(H,26,33). The molecule has 0 spiro atoms. The van der Waals surface area contributed by atoms with Gasteiger partial charge >= 0.3 is 0 Å². The second kappa shape index (κ2) is 10.5. The maximum atomic E-state index is 13.2. The molecular formula is C24H27FN6O2. The van der Waals surface area contributed by atoms with Crippen molar-refractivity contribution in [2.75, 3.05) is 13.2 Å². The smallest absolute Gasteiger partial charge is 0.252 e. The summed E-state index contributed by atoms with van der Waals surface area (Å²) in [5, 5.41) is 22.4. The van der Waals surface area contributed by atoms with E-state index in [2.05, 4.69) is 33.5 Å². The summed E-state index contributed by atoms with van der Waals surface area (Å²) in [5.74, 6) is 0.334. The van der Waals surface area contributed by atoms with Gasteiger partial charge in [0.25, 0.3) is 5.56 Å². The monoisotopic (exact) mass is 450 g/mol. The third-order valence-corrected chi connectivity index (χ3v) is 5.64. The van der Waals surface area contributed by atoms with Crippen LogP contribution in [0.5, 0.6) is 0 Å². The Labute approximate surface area is 190 Å². The van der Waals surface area contributed by atoms with Gasteiger partial charge in [0.1, 0.15) is 5.82 Å². The summed E-state index contributed by atoms with van der Waals surface area (Å²) in [6, 6.07) is 14.2. The molecule has 2 aromatic carbocycles. The van der Waals surface area contributed by atoms with Crippen molar-refractivity contribution in [1.29, 1.82) is 0 Å². The van der Waals surface area contributed by atoms with Crippen molar-refractivity contribution in [2.24, 2.45) is 0 Å². The molecule has 0 radical (unpaired) electrons. The number of aromatic amines is 1. The molecule has 9 heteroatoms. The maximum absolute atomic E-state index is 13.2. The van der Waals surface area contributed by atoms with E-state index in [9.17, 15) is 14.3 Å². The summed E-state index contributed by atoms with van der Waals surface area (Å²) in [6.07, 6.45) is 1.48. The van der Waals surface area contributed by atoms with Crippen LogP contribution in [-0.4, -0.2) is 48.3 Å². The number of rotatable bonds is 10. The Hall–Kier alpha value is -3.43. The minimum atomic E-state index is -0.294. The molecule has 0 aliphatic heterocycles. The molecule has 4 aromatic rings. The van der Waals surface area contributed by atoms with Gasteiger partial charge in [-0.2, -0.15) is 0 Å². The molecule has 172 valence electrons. The third kappa shape index (κ3) is 5.68. The number of hydrogen-bond donors (Lipinski definition) is 2.